The summed E-state index contributed by atoms with van der Waals surface area (Å²) in [6, 6.07) is 4.02. The molecule has 1 aromatic carbocycles. The molecule has 4 N–H and O–H groups in total. The molecule has 0 spiro atoms. The number of benzene rings is 1. The van der Waals surface area contributed by atoms with Crippen molar-refractivity contribution in [3.63, 3.8) is 0 Å². The Morgan fingerprint density at radius 2 is 1.44 bits per heavy atom. The highest BCUT2D eigenvalue weighted by Gasteiger charge is 2.45. The Morgan fingerprint density at radius 1 is 0.788 bits per heavy atom. The number of carbonyl (C=O) groups excluding carboxylic acids is 6. The number of rotatable bonds is 16. The highest BCUT2D eigenvalue weighted by molar-refractivity contribution is 6.25. The van der Waals surface area contributed by atoms with E-state index >= 15 is 0 Å². The van der Waals surface area contributed by atoms with E-state index in [4.69, 9.17) is 10.5 Å². The minimum atomic E-state index is -2.94. The van der Waals surface area contributed by atoms with Crippen LogP contribution in [0.5, 0.6) is 0 Å². The van der Waals surface area contributed by atoms with E-state index < -0.39 is 41.8 Å². The van der Waals surface area contributed by atoms with E-state index in [1.165, 1.54) is 6.20 Å². The number of piperazine rings is 2. The third-order valence-electron chi connectivity index (χ3n) is 12.6. The third-order valence-corrected chi connectivity index (χ3v) is 12.6. The van der Waals surface area contributed by atoms with Gasteiger partial charge in [0.15, 0.2) is 5.82 Å². The zero-order valence-electron chi connectivity index (χ0n) is 36.6. The standard InChI is InChI=1S/C43H54F2N14O7/c44-36(45)35-28(26-48-41(46)50-35)37-51-42(53-43(52-37)58-22-24-66-25-23-58)57-20-18-56(19-21-57)33(62)11-10-32(61)55-16-14-54(15-17-55)13-4-2-1-3-12-47-29-7-5-6-27-34(29)40(65)59(39(27)64)30-8-9-31(60)49-38(30)63/h5-7,26,30,36,47H,1-4,8-25H2,(H2,46,48,50)(H,49,60,63). The van der Waals surface area contributed by atoms with Gasteiger partial charge in [-0.15, -0.1) is 0 Å². The molecule has 0 bridgehead atoms. The van der Waals surface area contributed by atoms with Crippen LogP contribution in [-0.4, -0.2) is 178 Å². The molecule has 352 valence electrons. The van der Waals surface area contributed by atoms with Crippen LogP contribution in [0.2, 0.25) is 0 Å². The molecule has 5 aliphatic heterocycles. The lowest BCUT2D eigenvalue weighted by atomic mass is 10.0. The van der Waals surface area contributed by atoms with E-state index in [1.54, 1.807) is 23.1 Å². The molecule has 6 amide bonds. The second-order valence-electron chi connectivity index (χ2n) is 16.8. The van der Waals surface area contributed by atoms with Crippen LogP contribution in [0.3, 0.4) is 0 Å². The van der Waals surface area contributed by atoms with Gasteiger partial charge in [-0.05, 0) is 37.9 Å². The first kappa shape index (κ1) is 46.1. The van der Waals surface area contributed by atoms with Gasteiger partial charge in [0.05, 0.1) is 29.9 Å². The number of hydrogen-bond donors (Lipinski definition) is 3. The highest BCUT2D eigenvalue weighted by Crippen LogP contribution is 2.33. The molecule has 8 rings (SSSR count). The van der Waals surface area contributed by atoms with E-state index in [2.05, 4.69) is 40.5 Å². The van der Waals surface area contributed by atoms with Crippen LogP contribution >= 0.6 is 0 Å². The fourth-order valence-corrected chi connectivity index (χ4v) is 8.87. The molecular formula is C43H54F2N14O7. The number of morpholine rings is 1. The van der Waals surface area contributed by atoms with E-state index in [0.717, 1.165) is 50.2 Å². The third kappa shape index (κ3) is 10.5. The van der Waals surface area contributed by atoms with Crippen molar-refractivity contribution in [3.8, 4) is 11.4 Å². The summed E-state index contributed by atoms with van der Waals surface area (Å²) in [5.41, 5.74) is 6.03. The summed E-state index contributed by atoms with van der Waals surface area (Å²) in [7, 11) is 0. The first-order chi connectivity index (χ1) is 31.9. The molecule has 0 radical (unpaired) electrons. The largest absolute Gasteiger partial charge is 0.384 e. The predicted octanol–water partition coefficient (Wildman–Crippen LogP) is 1.33. The first-order valence-electron chi connectivity index (χ1n) is 22.6. The van der Waals surface area contributed by atoms with E-state index in [0.29, 0.717) is 83.8 Å². The van der Waals surface area contributed by atoms with Crippen LogP contribution < -0.4 is 26.2 Å². The maximum atomic E-state index is 14.0. The number of ether oxygens (including phenoxy) is 1. The van der Waals surface area contributed by atoms with Crippen molar-refractivity contribution in [2.45, 2.75) is 63.8 Å². The van der Waals surface area contributed by atoms with Crippen LogP contribution in [-0.2, 0) is 23.9 Å². The van der Waals surface area contributed by atoms with Gasteiger partial charge in [-0.2, -0.15) is 15.0 Å². The van der Waals surface area contributed by atoms with Crippen molar-refractivity contribution in [2.24, 2.45) is 0 Å². The highest BCUT2D eigenvalue weighted by atomic mass is 19.3. The molecule has 4 fully saturated rings. The summed E-state index contributed by atoms with van der Waals surface area (Å²) in [6.45, 7) is 7.67. The van der Waals surface area contributed by atoms with Gasteiger partial charge < -0.3 is 35.4 Å². The van der Waals surface area contributed by atoms with Gasteiger partial charge in [-0.1, -0.05) is 18.9 Å². The number of piperidine rings is 1. The molecule has 1 unspecified atom stereocenters. The second kappa shape index (κ2) is 20.8. The number of amides is 6. The number of unbranched alkanes of at least 4 members (excludes halogenated alkanes) is 3. The van der Waals surface area contributed by atoms with E-state index in [9.17, 15) is 37.5 Å². The Hall–Kier alpha value is -6.49. The number of nitrogens with one attached hydrogen (secondary N) is 2. The number of carbonyl (C=O) groups is 6. The number of nitrogen functional groups attached to an aromatic ring is 1. The minimum absolute atomic E-state index is 0.00571. The fraction of sp³-hybridized carbons (Fsp3) is 0.558. The van der Waals surface area contributed by atoms with Gasteiger partial charge in [-0.25, -0.2) is 18.7 Å². The average Bonchev–Trinajstić information content (AvgIpc) is 3.59. The number of aromatic nitrogens is 5. The Kier molecular flexibility index (Phi) is 14.5. The molecule has 66 heavy (non-hydrogen) atoms. The predicted molar refractivity (Wildman–Crippen MR) is 234 cm³/mol. The molecule has 1 atom stereocenters. The van der Waals surface area contributed by atoms with Gasteiger partial charge in [-0.3, -0.25) is 43.9 Å². The van der Waals surface area contributed by atoms with Crippen LogP contribution in [0.15, 0.2) is 24.4 Å². The monoisotopic (exact) mass is 916 g/mol. The molecule has 5 aliphatic rings. The number of nitrogens with zero attached hydrogens (tertiary/aromatic N) is 11. The quantitative estimate of drug-likeness (QED) is 0.136. The summed E-state index contributed by atoms with van der Waals surface area (Å²) in [5.74, 6) is -1.98. The topological polar surface area (TPSA) is 246 Å². The molecule has 3 aromatic rings. The Bertz CT molecular complexity index is 2320. The van der Waals surface area contributed by atoms with Crippen LogP contribution in [0, 0.1) is 0 Å². The molecule has 21 nitrogen and oxygen atoms in total. The van der Waals surface area contributed by atoms with Crippen molar-refractivity contribution in [1.82, 2.24) is 49.8 Å². The summed E-state index contributed by atoms with van der Waals surface area (Å²) in [5, 5.41) is 5.52. The van der Waals surface area contributed by atoms with Gasteiger partial charge in [0.25, 0.3) is 18.2 Å². The SMILES string of the molecule is Nc1ncc(-c2nc(N3CCOCC3)nc(N3CCN(C(=O)CCC(=O)N4CCN(CCCCCCNc5cccc6c5C(=O)N(C5CCC(=O)NC5=O)C6=O)CC4)CC3)n2)c(C(F)F)n1. The summed E-state index contributed by atoms with van der Waals surface area (Å²) < 4.78 is 33.5. The molecule has 23 heteroatoms. The Labute approximate surface area is 379 Å². The minimum Gasteiger partial charge on any atom is -0.384 e. The van der Waals surface area contributed by atoms with E-state index in [1.807, 2.05) is 14.7 Å². The summed E-state index contributed by atoms with van der Waals surface area (Å²) in [6.07, 6.45) is 2.44. The lowest BCUT2D eigenvalue weighted by molar-refractivity contribution is -0.138. The number of nitrogens with two attached hydrogens (primary N) is 1. The van der Waals surface area contributed by atoms with Crippen LogP contribution in [0.4, 0.5) is 32.3 Å². The van der Waals surface area contributed by atoms with E-state index in [-0.39, 0.29) is 71.9 Å². The number of halogens is 2. The summed E-state index contributed by atoms with van der Waals surface area (Å²) in [4.78, 5) is 109. The second-order valence-corrected chi connectivity index (χ2v) is 16.8. The zero-order chi connectivity index (χ0) is 46.3. The van der Waals surface area contributed by atoms with Crippen molar-refractivity contribution in [1.29, 1.82) is 0 Å². The molecule has 7 heterocycles. The van der Waals surface area contributed by atoms with Gasteiger partial charge in [0.1, 0.15) is 11.7 Å². The lowest BCUT2D eigenvalue weighted by Gasteiger charge is -2.36. The number of alkyl halides is 2. The van der Waals surface area contributed by atoms with Crippen molar-refractivity contribution >= 4 is 59.0 Å². The smallest absolute Gasteiger partial charge is 0.281 e. The normalized spacial score (nSPS) is 19.4. The maximum Gasteiger partial charge on any atom is 0.281 e. The maximum absolute atomic E-state index is 14.0. The van der Waals surface area contributed by atoms with Crippen LogP contribution in [0.25, 0.3) is 11.4 Å². The fourth-order valence-electron chi connectivity index (χ4n) is 8.87. The molecule has 0 aliphatic carbocycles. The van der Waals surface area contributed by atoms with Crippen molar-refractivity contribution in [2.75, 3.05) is 113 Å². The number of imide groups is 2. The van der Waals surface area contributed by atoms with Crippen molar-refractivity contribution in [3.05, 3.63) is 41.2 Å². The number of anilines is 4. The van der Waals surface area contributed by atoms with Gasteiger partial charge in [0.2, 0.25) is 41.5 Å². The van der Waals surface area contributed by atoms with Gasteiger partial charge in [0, 0.05) is 103 Å². The Balaban J connectivity index is 0.728. The molecule has 0 saturated carbocycles. The first-order valence-corrected chi connectivity index (χ1v) is 22.6. The zero-order valence-corrected chi connectivity index (χ0v) is 36.6. The molecular weight excluding hydrogens is 863 g/mol. The molecule has 4 saturated heterocycles. The van der Waals surface area contributed by atoms with Crippen molar-refractivity contribution < 1.29 is 42.3 Å². The van der Waals surface area contributed by atoms with Crippen LogP contribution in [0.1, 0.15) is 84.2 Å². The van der Waals surface area contributed by atoms with Gasteiger partial charge >= 0.3 is 0 Å². The summed E-state index contributed by atoms with van der Waals surface area (Å²) >= 11 is 0. The Morgan fingerprint density at radius 3 is 2.11 bits per heavy atom. The number of fused-ring (bicyclic) bond motifs is 1. The number of hydrogen-bond acceptors (Lipinski definition) is 17. The molecule has 2 aromatic heterocycles. The lowest BCUT2D eigenvalue weighted by Crippen LogP contribution is -2.54. The average molecular weight is 917 g/mol.